The molecule has 2 aromatic heterocycles. The maximum atomic E-state index is 12.2. The van der Waals surface area contributed by atoms with Gasteiger partial charge in [0.15, 0.2) is 5.65 Å². The average Bonchev–Trinajstić information content (AvgIpc) is 2.89. The van der Waals surface area contributed by atoms with Crippen molar-refractivity contribution in [1.82, 2.24) is 14.6 Å². The van der Waals surface area contributed by atoms with Gasteiger partial charge < -0.3 is 9.47 Å². The lowest BCUT2D eigenvalue weighted by molar-refractivity contribution is 0.0451. The lowest BCUT2D eigenvalue weighted by atomic mass is 10.2. The average molecular weight is 376 g/mol. The molecule has 23 heavy (non-hydrogen) atoms. The van der Waals surface area contributed by atoms with Gasteiger partial charge in [0.25, 0.3) is 0 Å². The number of hydrogen-bond donors (Lipinski definition) is 0. The van der Waals surface area contributed by atoms with Crippen LogP contribution in [0.3, 0.4) is 0 Å². The molecule has 2 heterocycles. The predicted octanol–water partition coefficient (Wildman–Crippen LogP) is 3.04. The maximum absolute atomic E-state index is 12.2. The first-order valence-electron chi connectivity index (χ1n) is 7.00. The Hall–Kier alpha value is -2.41. The summed E-state index contributed by atoms with van der Waals surface area (Å²) in [5, 5.41) is 4.24. The lowest BCUT2D eigenvalue weighted by Crippen LogP contribution is -2.13. The summed E-state index contributed by atoms with van der Waals surface area (Å²) in [5.41, 5.74) is 1.46. The molecule has 118 valence electrons. The highest BCUT2D eigenvalue weighted by Gasteiger charge is 2.19. The van der Waals surface area contributed by atoms with Gasteiger partial charge in [0.2, 0.25) is 0 Å². The first-order valence-corrected chi connectivity index (χ1v) is 7.80. The molecule has 1 aromatic carbocycles. The second kappa shape index (κ2) is 6.78. The van der Waals surface area contributed by atoms with Gasteiger partial charge in [0.1, 0.15) is 24.5 Å². The van der Waals surface area contributed by atoms with Crippen LogP contribution in [0.5, 0.6) is 5.75 Å². The summed E-state index contributed by atoms with van der Waals surface area (Å²) in [6.07, 6.45) is 3.35. The van der Waals surface area contributed by atoms with Crippen molar-refractivity contribution >= 4 is 27.5 Å². The number of ether oxygens (including phenoxy) is 2. The van der Waals surface area contributed by atoms with E-state index < -0.39 is 5.97 Å². The molecule has 6 nitrogen and oxygen atoms in total. The fraction of sp³-hybridized carbons (Fsp3) is 0.188. The summed E-state index contributed by atoms with van der Waals surface area (Å²) >= 11 is 3.36. The standard InChI is InChI=1S/C16H14BrN3O3/c1-11-14(15-18-7-2-8-20(15)19-11)16(21)23-10-9-22-13-5-3-12(17)4-6-13/h2-8H,9-10H2,1H3. The number of fused-ring (bicyclic) bond motifs is 1. The van der Waals surface area contributed by atoms with Crippen LogP contribution in [-0.2, 0) is 4.74 Å². The van der Waals surface area contributed by atoms with Crippen LogP contribution in [0.15, 0.2) is 47.2 Å². The number of halogens is 1. The molecule has 0 aliphatic heterocycles. The minimum absolute atomic E-state index is 0.151. The molecule has 3 aromatic rings. The van der Waals surface area contributed by atoms with Crippen LogP contribution < -0.4 is 4.74 Å². The number of carbonyl (C=O) groups excluding carboxylic acids is 1. The minimum atomic E-state index is -0.449. The van der Waals surface area contributed by atoms with E-state index >= 15 is 0 Å². The van der Waals surface area contributed by atoms with Gasteiger partial charge in [0.05, 0.1) is 5.69 Å². The van der Waals surface area contributed by atoms with Gasteiger partial charge in [-0.2, -0.15) is 5.10 Å². The summed E-state index contributed by atoms with van der Waals surface area (Å²) in [5.74, 6) is 0.272. The van der Waals surface area contributed by atoms with Crippen molar-refractivity contribution in [3.8, 4) is 5.75 Å². The zero-order valence-corrected chi connectivity index (χ0v) is 14.0. The molecule has 0 fully saturated rings. The van der Waals surface area contributed by atoms with Gasteiger partial charge in [-0.1, -0.05) is 15.9 Å². The normalized spacial score (nSPS) is 10.7. The van der Waals surface area contributed by atoms with E-state index in [1.54, 1.807) is 29.9 Å². The Labute approximate surface area is 141 Å². The molecule has 0 amide bonds. The van der Waals surface area contributed by atoms with Crippen molar-refractivity contribution in [3.63, 3.8) is 0 Å². The molecule has 0 bridgehead atoms. The Morgan fingerprint density at radius 2 is 2.04 bits per heavy atom. The van der Waals surface area contributed by atoms with E-state index in [1.165, 1.54) is 0 Å². The second-order valence-electron chi connectivity index (χ2n) is 4.79. The molecule has 0 unspecified atom stereocenters. The largest absolute Gasteiger partial charge is 0.490 e. The predicted molar refractivity (Wildman–Crippen MR) is 87.6 cm³/mol. The van der Waals surface area contributed by atoms with Crippen LogP contribution in [0.2, 0.25) is 0 Å². The monoisotopic (exact) mass is 375 g/mol. The number of rotatable bonds is 5. The fourth-order valence-corrected chi connectivity index (χ4v) is 2.40. The highest BCUT2D eigenvalue weighted by molar-refractivity contribution is 9.10. The van der Waals surface area contributed by atoms with Crippen LogP contribution in [0, 0.1) is 6.92 Å². The Bertz CT molecular complexity index is 830. The molecule has 3 rings (SSSR count). The van der Waals surface area contributed by atoms with E-state index in [2.05, 4.69) is 26.0 Å². The van der Waals surface area contributed by atoms with Crippen LogP contribution in [-0.4, -0.2) is 33.8 Å². The zero-order valence-electron chi connectivity index (χ0n) is 12.4. The number of aryl methyl sites for hydroxylation is 1. The highest BCUT2D eigenvalue weighted by Crippen LogP contribution is 2.16. The van der Waals surface area contributed by atoms with Gasteiger partial charge in [-0.25, -0.2) is 14.3 Å². The van der Waals surface area contributed by atoms with Crippen LogP contribution in [0.1, 0.15) is 16.1 Å². The summed E-state index contributed by atoms with van der Waals surface area (Å²) in [6.45, 7) is 2.18. The Balaban J connectivity index is 1.58. The summed E-state index contributed by atoms with van der Waals surface area (Å²) in [7, 11) is 0. The third-order valence-electron chi connectivity index (χ3n) is 3.17. The Morgan fingerprint density at radius 3 is 2.83 bits per heavy atom. The van der Waals surface area contributed by atoms with Gasteiger partial charge >= 0.3 is 5.97 Å². The van der Waals surface area contributed by atoms with E-state index in [1.807, 2.05) is 24.3 Å². The number of aromatic nitrogens is 3. The third kappa shape index (κ3) is 3.50. The Morgan fingerprint density at radius 1 is 1.26 bits per heavy atom. The van der Waals surface area contributed by atoms with Gasteiger partial charge in [-0.15, -0.1) is 0 Å². The molecule has 0 atom stereocenters. The van der Waals surface area contributed by atoms with Crippen LogP contribution in [0.25, 0.3) is 5.65 Å². The van der Waals surface area contributed by atoms with Crippen molar-refractivity contribution in [2.75, 3.05) is 13.2 Å². The zero-order chi connectivity index (χ0) is 16.2. The van der Waals surface area contributed by atoms with Crippen molar-refractivity contribution in [1.29, 1.82) is 0 Å². The highest BCUT2D eigenvalue weighted by atomic mass is 79.9. The van der Waals surface area contributed by atoms with Crippen LogP contribution in [0.4, 0.5) is 0 Å². The SMILES string of the molecule is Cc1nn2cccnc2c1C(=O)OCCOc1ccc(Br)cc1. The van der Waals surface area contributed by atoms with E-state index in [0.29, 0.717) is 16.9 Å². The first kappa shape index (κ1) is 15.5. The quantitative estimate of drug-likeness (QED) is 0.506. The smallest absolute Gasteiger partial charge is 0.344 e. The molecule has 0 N–H and O–H groups in total. The molecule has 0 aliphatic carbocycles. The molecule has 0 saturated carbocycles. The van der Waals surface area contributed by atoms with Crippen LogP contribution >= 0.6 is 15.9 Å². The van der Waals surface area contributed by atoms with Gasteiger partial charge in [0, 0.05) is 16.9 Å². The number of carbonyl (C=O) groups is 1. The topological polar surface area (TPSA) is 65.7 Å². The maximum Gasteiger partial charge on any atom is 0.344 e. The third-order valence-corrected chi connectivity index (χ3v) is 3.70. The fourth-order valence-electron chi connectivity index (χ4n) is 2.13. The molecule has 0 saturated heterocycles. The molecular formula is C16H14BrN3O3. The second-order valence-corrected chi connectivity index (χ2v) is 5.70. The van der Waals surface area contributed by atoms with Crippen molar-refractivity contribution in [2.45, 2.75) is 6.92 Å². The molecule has 0 aliphatic rings. The molecule has 7 heteroatoms. The summed E-state index contributed by atoms with van der Waals surface area (Å²) in [6, 6.07) is 9.20. The minimum Gasteiger partial charge on any atom is -0.490 e. The molecular weight excluding hydrogens is 362 g/mol. The molecule has 0 spiro atoms. The van der Waals surface area contributed by atoms with E-state index in [9.17, 15) is 4.79 Å². The number of esters is 1. The van der Waals surface area contributed by atoms with Gasteiger partial charge in [-0.3, -0.25) is 0 Å². The number of hydrogen-bond acceptors (Lipinski definition) is 5. The lowest BCUT2D eigenvalue weighted by Gasteiger charge is -2.07. The summed E-state index contributed by atoms with van der Waals surface area (Å²) < 4.78 is 13.3. The van der Waals surface area contributed by atoms with Crippen molar-refractivity contribution < 1.29 is 14.3 Å². The van der Waals surface area contributed by atoms with E-state index in [-0.39, 0.29) is 13.2 Å². The van der Waals surface area contributed by atoms with Gasteiger partial charge in [-0.05, 0) is 37.3 Å². The van der Waals surface area contributed by atoms with E-state index in [0.717, 1.165) is 10.2 Å². The Kier molecular flexibility index (Phi) is 4.57. The van der Waals surface area contributed by atoms with Crippen molar-refractivity contribution in [3.05, 3.63) is 58.5 Å². The molecule has 0 radical (unpaired) electrons. The number of benzene rings is 1. The summed E-state index contributed by atoms with van der Waals surface area (Å²) in [4.78, 5) is 16.4. The van der Waals surface area contributed by atoms with E-state index in [4.69, 9.17) is 9.47 Å². The first-order chi connectivity index (χ1) is 11.1. The van der Waals surface area contributed by atoms with Crippen molar-refractivity contribution in [2.24, 2.45) is 0 Å². The number of nitrogens with zero attached hydrogens (tertiary/aromatic N) is 3.